The van der Waals surface area contributed by atoms with Crippen LogP contribution in [0.4, 0.5) is 10.1 Å². The van der Waals surface area contributed by atoms with Gasteiger partial charge in [-0.2, -0.15) is 5.26 Å². The van der Waals surface area contributed by atoms with Crippen LogP contribution in [0.1, 0.15) is 25.3 Å². The molecule has 0 saturated heterocycles. The van der Waals surface area contributed by atoms with Gasteiger partial charge in [-0.05, 0) is 49.2 Å². The van der Waals surface area contributed by atoms with E-state index in [1.807, 2.05) is 12.1 Å². The second-order valence-electron chi connectivity index (χ2n) is 6.86. The monoisotopic (exact) mass is 422 g/mol. The first-order valence-electron chi connectivity index (χ1n) is 9.58. The molecule has 7 nitrogen and oxygen atoms in total. The van der Waals surface area contributed by atoms with Crippen molar-refractivity contribution in [2.45, 2.75) is 30.5 Å². The molecule has 0 unspecified atom stereocenters. The van der Waals surface area contributed by atoms with Gasteiger partial charge in [0.25, 0.3) is 0 Å². The van der Waals surface area contributed by atoms with E-state index in [2.05, 4.69) is 25.8 Å². The highest BCUT2D eigenvalue weighted by atomic mass is 32.2. The molecule has 0 spiro atoms. The molecule has 0 atom stereocenters. The zero-order chi connectivity index (χ0) is 20.9. The highest BCUT2D eigenvalue weighted by molar-refractivity contribution is 7.99. The average Bonchev–Trinajstić information content (AvgIpc) is 3.53. The number of amides is 1. The summed E-state index contributed by atoms with van der Waals surface area (Å²) in [6, 6.07) is 11.9. The van der Waals surface area contributed by atoms with Gasteiger partial charge in [0.1, 0.15) is 5.82 Å². The molecule has 30 heavy (non-hydrogen) atoms. The Bertz CT molecular complexity index is 1060. The van der Waals surface area contributed by atoms with E-state index >= 15 is 0 Å². The van der Waals surface area contributed by atoms with E-state index in [-0.39, 0.29) is 30.4 Å². The van der Waals surface area contributed by atoms with Crippen LogP contribution in [-0.4, -0.2) is 38.0 Å². The molecule has 0 N–H and O–H groups in total. The summed E-state index contributed by atoms with van der Waals surface area (Å²) in [4.78, 5) is 18.5. The smallest absolute Gasteiger partial charge is 0.237 e. The number of aromatic nitrogens is 4. The molecule has 0 bridgehead atoms. The normalized spacial score (nSPS) is 13.1. The van der Waals surface area contributed by atoms with Crippen molar-refractivity contribution in [2.24, 2.45) is 0 Å². The second kappa shape index (κ2) is 9.05. The average molecular weight is 422 g/mol. The molecule has 9 heteroatoms. The van der Waals surface area contributed by atoms with Crippen LogP contribution in [-0.2, 0) is 4.79 Å². The van der Waals surface area contributed by atoms with Crippen molar-refractivity contribution in [1.29, 1.82) is 5.26 Å². The van der Waals surface area contributed by atoms with Crippen LogP contribution >= 0.6 is 11.8 Å². The summed E-state index contributed by atoms with van der Waals surface area (Å²) in [7, 11) is 0. The maximum absolute atomic E-state index is 13.3. The molecule has 0 aliphatic heterocycles. The Morgan fingerprint density at radius 2 is 1.93 bits per heavy atom. The van der Waals surface area contributed by atoms with Crippen molar-refractivity contribution in [3.8, 4) is 17.5 Å². The molecule has 4 rings (SSSR count). The summed E-state index contributed by atoms with van der Waals surface area (Å²) in [6.45, 7) is 0.249. The Labute approximate surface area is 177 Å². The first-order chi connectivity index (χ1) is 14.7. The second-order valence-corrected chi connectivity index (χ2v) is 7.80. The van der Waals surface area contributed by atoms with Crippen molar-refractivity contribution in [1.82, 2.24) is 19.7 Å². The summed E-state index contributed by atoms with van der Waals surface area (Å²) in [6.07, 6.45) is 5.74. The standard InChI is InChI=1S/C21H19FN6OS/c22-16-2-4-17(5-3-16)27(13-1-10-23)19(29)14-30-21-26-25-20(28(21)18-6-7-18)15-8-11-24-12-9-15/h2-5,8-9,11-12,18H,1,6-7,13-14H2. The maximum atomic E-state index is 13.3. The number of carbonyl (C=O) groups excluding carboxylic acids is 1. The first-order valence-corrected chi connectivity index (χ1v) is 10.6. The van der Waals surface area contributed by atoms with E-state index < -0.39 is 0 Å². The van der Waals surface area contributed by atoms with E-state index in [4.69, 9.17) is 5.26 Å². The Morgan fingerprint density at radius 1 is 1.20 bits per heavy atom. The third kappa shape index (κ3) is 4.49. The third-order valence-corrected chi connectivity index (χ3v) is 5.65. The summed E-state index contributed by atoms with van der Waals surface area (Å²) >= 11 is 1.32. The number of hydrogen-bond donors (Lipinski definition) is 0. The quantitative estimate of drug-likeness (QED) is 0.513. The molecule has 152 valence electrons. The molecule has 1 amide bonds. The fraction of sp³-hybridized carbons (Fsp3) is 0.286. The lowest BCUT2D eigenvalue weighted by atomic mass is 10.2. The van der Waals surface area contributed by atoms with Crippen molar-refractivity contribution in [3.63, 3.8) is 0 Å². The zero-order valence-corrected chi connectivity index (χ0v) is 16.9. The van der Waals surface area contributed by atoms with Crippen molar-refractivity contribution in [3.05, 3.63) is 54.6 Å². The molecular formula is C21H19FN6OS. The molecule has 2 heterocycles. The van der Waals surface area contributed by atoms with Gasteiger partial charge >= 0.3 is 0 Å². The fourth-order valence-corrected chi connectivity index (χ4v) is 4.00. The van der Waals surface area contributed by atoms with Crippen LogP contribution in [0.5, 0.6) is 0 Å². The van der Waals surface area contributed by atoms with Gasteiger partial charge in [0.2, 0.25) is 5.91 Å². The number of anilines is 1. The Morgan fingerprint density at radius 3 is 2.60 bits per heavy atom. The third-order valence-electron chi connectivity index (χ3n) is 4.73. The van der Waals surface area contributed by atoms with Crippen LogP contribution < -0.4 is 4.90 Å². The van der Waals surface area contributed by atoms with Crippen LogP contribution in [0, 0.1) is 17.1 Å². The molecule has 1 aliphatic carbocycles. The molecular weight excluding hydrogens is 403 g/mol. The van der Waals surface area contributed by atoms with E-state index in [1.54, 1.807) is 24.5 Å². The number of hydrogen-bond acceptors (Lipinski definition) is 6. The largest absolute Gasteiger partial charge is 0.311 e. The number of nitrogens with zero attached hydrogens (tertiary/aromatic N) is 6. The van der Waals surface area contributed by atoms with Crippen molar-refractivity contribution in [2.75, 3.05) is 17.2 Å². The van der Waals surface area contributed by atoms with Gasteiger partial charge in [-0.15, -0.1) is 10.2 Å². The molecule has 1 saturated carbocycles. The minimum atomic E-state index is -0.373. The number of thioether (sulfide) groups is 1. The van der Waals surface area contributed by atoms with Gasteiger partial charge in [-0.1, -0.05) is 11.8 Å². The van der Waals surface area contributed by atoms with E-state index in [0.29, 0.717) is 16.9 Å². The van der Waals surface area contributed by atoms with E-state index in [0.717, 1.165) is 24.2 Å². The molecule has 3 aromatic rings. The SMILES string of the molecule is N#CCCN(C(=O)CSc1nnc(-c2ccncc2)n1C1CC1)c1ccc(F)cc1. The minimum absolute atomic E-state index is 0.143. The topological polar surface area (TPSA) is 87.7 Å². The van der Waals surface area contributed by atoms with Gasteiger partial charge < -0.3 is 4.90 Å². The summed E-state index contributed by atoms with van der Waals surface area (Å²) < 4.78 is 15.3. The number of halogens is 1. The van der Waals surface area contributed by atoms with Crippen LogP contribution in [0.2, 0.25) is 0 Å². The summed E-state index contributed by atoms with van der Waals surface area (Å²) in [5.74, 6) is 0.374. The van der Waals surface area contributed by atoms with E-state index in [1.165, 1.54) is 28.8 Å². The number of rotatable bonds is 8. The van der Waals surface area contributed by atoms with Crippen LogP contribution in [0.15, 0.2) is 53.9 Å². The lowest BCUT2D eigenvalue weighted by Crippen LogP contribution is -2.33. The molecule has 1 aliphatic rings. The molecule has 1 fully saturated rings. The number of pyridine rings is 1. The maximum Gasteiger partial charge on any atom is 0.237 e. The lowest BCUT2D eigenvalue weighted by Gasteiger charge is -2.21. The van der Waals surface area contributed by atoms with Crippen molar-refractivity contribution < 1.29 is 9.18 Å². The fourth-order valence-electron chi connectivity index (χ4n) is 3.12. The number of nitriles is 1. The highest BCUT2D eigenvalue weighted by Crippen LogP contribution is 2.41. The summed E-state index contributed by atoms with van der Waals surface area (Å²) in [5, 5.41) is 18.3. The summed E-state index contributed by atoms with van der Waals surface area (Å²) in [5.41, 5.74) is 1.50. The molecule has 0 radical (unpaired) electrons. The lowest BCUT2D eigenvalue weighted by molar-refractivity contribution is -0.116. The van der Waals surface area contributed by atoms with Gasteiger partial charge in [-0.3, -0.25) is 14.3 Å². The molecule has 1 aromatic carbocycles. The predicted molar refractivity (Wildman–Crippen MR) is 111 cm³/mol. The zero-order valence-electron chi connectivity index (χ0n) is 16.1. The highest BCUT2D eigenvalue weighted by Gasteiger charge is 2.30. The molecule has 2 aromatic heterocycles. The van der Waals surface area contributed by atoms with Crippen molar-refractivity contribution >= 4 is 23.4 Å². The van der Waals surface area contributed by atoms with Gasteiger partial charge in [0.05, 0.1) is 18.2 Å². The Kier molecular flexibility index (Phi) is 6.05. The minimum Gasteiger partial charge on any atom is -0.311 e. The van der Waals surface area contributed by atoms with Crippen LogP contribution in [0.3, 0.4) is 0 Å². The van der Waals surface area contributed by atoms with E-state index in [9.17, 15) is 9.18 Å². The number of carbonyl (C=O) groups is 1. The van der Waals surface area contributed by atoms with Crippen LogP contribution in [0.25, 0.3) is 11.4 Å². The van der Waals surface area contributed by atoms with Gasteiger partial charge in [0.15, 0.2) is 11.0 Å². The Hall–Kier alpha value is -3.25. The number of benzene rings is 1. The first kappa shape index (κ1) is 20.0. The Balaban J connectivity index is 1.52. The van der Waals surface area contributed by atoms with Gasteiger partial charge in [0, 0.05) is 36.2 Å². The predicted octanol–water partition coefficient (Wildman–Crippen LogP) is 3.85. The van der Waals surface area contributed by atoms with Gasteiger partial charge in [-0.25, -0.2) is 4.39 Å².